The number of amides is 2. The minimum Gasteiger partial charge on any atom is -0.491 e. The summed E-state index contributed by atoms with van der Waals surface area (Å²) >= 11 is 0. The smallest absolute Gasteiger partial charge is 0.225 e. The van der Waals surface area contributed by atoms with E-state index in [9.17, 15) is 9.59 Å². The maximum absolute atomic E-state index is 12.4. The summed E-state index contributed by atoms with van der Waals surface area (Å²) in [6, 6.07) is 7.83. The molecule has 1 aliphatic carbocycles. The van der Waals surface area contributed by atoms with Gasteiger partial charge in [-0.1, -0.05) is 12.1 Å². The topological polar surface area (TPSA) is 58.6 Å². The fourth-order valence-corrected chi connectivity index (χ4v) is 3.24. The number of piperidine rings is 1. The van der Waals surface area contributed by atoms with Crippen LogP contribution < -0.4 is 10.1 Å². The number of hydrogen-bond donors (Lipinski definition) is 1. The van der Waals surface area contributed by atoms with Crippen molar-refractivity contribution in [2.24, 2.45) is 11.8 Å². The second-order valence-corrected chi connectivity index (χ2v) is 7.40. The molecule has 1 aromatic rings. The lowest BCUT2D eigenvalue weighted by Crippen LogP contribution is -2.43. The first-order chi connectivity index (χ1) is 12.0. The third-order valence-electron chi connectivity index (χ3n) is 4.87. The first-order valence-electron chi connectivity index (χ1n) is 9.35. The van der Waals surface area contributed by atoms with Crippen molar-refractivity contribution in [3.63, 3.8) is 0 Å². The van der Waals surface area contributed by atoms with Crippen LogP contribution in [0, 0.1) is 11.8 Å². The molecule has 0 unspecified atom stereocenters. The standard InChI is InChI=1S/C20H28N2O3/c1-14(2)25-18-7-3-15(4-8-18)13-21-19(23)16-9-11-22(12-10-16)20(24)17-5-6-17/h3-4,7-8,14,16-17H,5-6,9-13H2,1-2H3,(H,21,23). The highest BCUT2D eigenvalue weighted by molar-refractivity contribution is 5.82. The van der Waals surface area contributed by atoms with Crippen molar-refractivity contribution in [3.05, 3.63) is 29.8 Å². The lowest BCUT2D eigenvalue weighted by atomic mass is 9.95. The zero-order chi connectivity index (χ0) is 17.8. The van der Waals surface area contributed by atoms with Crippen molar-refractivity contribution in [2.45, 2.75) is 52.2 Å². The van der Waals surface area contributed by atoms with Gasteiger partial charge in [-0.2, -0.15) is 0 Å². The van der Waals surface area contributed by atoms with Gasteiger partial charge in [-0.3, -0.25) is 9.59 Å². The number of rotatable bonds is 6. The van der Waals surface area contributed by atoms with Gasteiger partial charge in [0, 0.05) is 31.5 Å². The van der Waals surface area contributed by atoms with Gasteiger partial charge in [0.1, 0.15) is 5.75 Å². The number of likely N-dealkylation sites (tertiary alicyclic amines) is 1. The summed E-state index contributed by atoms with van der Waals surface area (Å²) in [6.45, 7) is 5.96. The second-order valence-electron chi connectivity index (χ2n) is 7.40. The van der Waals surface area contributed by atoms with Crippen LogP contribution in [0.5, 0.6) is 5.75 Å². The van der Waals surface area contributed by atoms with E-state index >= 15 is 0 Å². The van der Waals surface area contributed by atoms with Crippen LogP contribution in [0.2, 0.25) is 0 Å². The Hall–Kier alpha value is -2.04. The number of carbonyl (C=O) groups excluding carboxylic acids is 2. The molecule has 2 fully saturated rings. The summed E-state index contributed by atoms with van der Waals surface area (Å²) in [6.07, 6.45) is 3.78. The molecule has 2 amide bonds. The van der Waals surface area contributed by atoms with Crippen LogP contribution in [0.15, 0.2) is 24.3 Å². The Balaban J connectivity index is 1.41. The third-order valence-corrected chi connectivity index (χ3v) is 4.87. The van der Waals surface area contributed by atoms with Gasteiger partial charge >= 0.3 is 0 Å². The zero-order valence-electron chi connectivity index (χ0n) is 15.2. The molecule has 0 radical (unpaired) electrons. The van der Waals surface area contributed by atoms with E-state index in [4.69, 9.17) is 4.74 Å². The van der Waals surface area contributed by atoms with E-state index in [1.807, 2.05) is 43.0 Å². The second kappa shape index (κ2) is 7.89. The van der Waals surface area contributed by atoms with Crippen molar-refractivity contribution >= 4 is 11.8 Å². The molecule has 1 N–H and O–H groups in total. The van der Waals surface area contributed by atoms with Gasteiger partial charge in [0.05, 0.1) is 6.10 Å². The van der Waals surface area contributed by atoms with Crippen molar-refractivity contribution in [1.29, 1.82) is 0 Å². The summed E-state index contributed by atoms with van der Waals surface area (Å²) in [7, 11) is 0. The predicted molar refractivity (Wildman–Crippen MR) is 96.1 cm³/mol. The molecule has 136 valence electrons. The Morgan fingerprint density at radius 1 is 1.08 bits per heavy atom. The Morgan fingerprint density at radius 2 is 1.72 bits per heavy atom. The molecule has 3 rings (SSSR count). The molecule has 5 heteroatoms. The number of benzene rings is 1. The van der Waals surface area contributed by atoms with E-state index in [0.29, 0.717) is 25.5 Å². The van der Waals surface area contributed by atoms with Gasteiger partial charge in [-0.05, 0) is 57.2 Å². The summed E-state index contributed by atoms with van der Waals surface area (Å²) < 4.78 is 5.62. The quantitative estimate of drug-likeness (QED) is 0.863. The number of ether oxygens (including phenoxy) is 1. The van der Waals surface area contributed by atoms with E-state index in [1.54, 1.807) is 0 Å². The van der Waals surface area contributed by atoms with Crippen LogP contribution in [0.1, 0.15) is 45.1 Å². The van der Waals surface area contributed by atoms with Crippen LogP contribution in [0.4, 0.5) is 0 Å². The monoisotopic (exact) mass is 344 g/mol. The van der Waals surface area contributed by atoms with Gasteiger partial charge in [0.2, 0.25) is 11.8 Å². The Labute approximate surface area is 149 Å². The van der Waals surface area contributed by atoms with Crippen molar-refractivity contribution < 1.29 is 14.3 Å². The largest absolute Gasteiger partial charge is 0.491 e. The van der Waals surface area contributed by atoms with Crippen LogP contribution in [-0.4, -0.2) is 35.9 Å². The maximum Gasteiger partial charge on any atom is 0.225 e. The molecule has 0 aromatic heterocycles. The highest BCUT2D eigenvalue weighted by atomic mass is 16.5. The minimum atomic E-state index is 0.0202. The Morgan fingerprint density at radius 3 is 2.28 bits per heavy atom. The SMILES string of the molecule is CC(C)Oc1ccc(CNC(=O)C2CCN(C(=O)C3CC3)CC2)cc1. The molecular formula is C20H28N2O3. The van der Waals surface area contributed by atoms with Crippen LogP contribution in [0.3, 0.4) is 0 Å². The molecule has 1 saturated heterocycles. The molecule has 1 aromatic carbocycles. The fraction of sp³-hybridized carbons (Fsp3) is 0.600. The van der Waals surface area contributed by atoms with E-state index in [-0.39, 0.29) is 23.8 Å². The minimum absolute atomic E-state index is 0.0202. The molecule has 25 heavy (non-hydrogen) atoms. The molecular weight excluding hydrogens is 316 g/mol. The molecule has 1 aliphatic heterocycles. The number of nitrogens with one attached hydrogen (secondary N) is 1. The third kappa shape index (κ3) is 4.97. The highest BCUT2D eigenvalue weighted by Crippen LogP contribution is 2.32. The number of nitrogens with zero attached hydrogens (tertiary/aromatic N) is 1. The average molecular weight is 344 g/mol. The van der Waals surface area contributed by atoms with E-state index in [2.05, 4.69) is 5.32 Å². The molecule has 1 heterocycles. The van der Waals surface area contributed by atoms with Gasteiger partial charge in [0.15, 0.2) is 0 Å². The molecule has 2 aliphatic rings. The summed E-state index contributed by atoms with van der Waals surface area (Å²) in [5, 5.41) is 3.02. The summed E-state index contributed by atoms with van der Waals surface area (Å²) in [5.41, 5.74) is 1.06. The van der Waals surface area contributed by atoms with Crippen molar-refractivity contribution in [3.8, 4) is 5.75 Å². The van der Waals surface area contributed by atoms with E-state index in [1.165, 1.54) is 0 Å². The van der Waals surface area contributed by atoms with Crippen LogP contribution >= 0.6 is 0 Å². The first kappa shape index (κ1) is 17.8. The molecule has 0 bridgehead atoms. The highest BCUT2D eigenvalue weighted by Gasteiger charge is 2.35. The average Bonchev–Trinajstić information content (AvgIpc) is 3.45. The van der Waals surface area contributed by atoms with Gasteiger partial charge in [-0.25, -0.2) is 0 Å². The lowest BCUT2D eigenvalue weighted by molar-refractivity contribution is -0.136. The number of carbonyl (C=O) groups is 2. The van der Waals surface area contributed by atoms with Gasteiger partial charge in [0.25, 0.3) is 0 Å². The number of hydrogen-bond acceptors (Lipinski definition) is 3. The lowest BCUT2D eigenvalue weighted by Gasteiger charge is -2.31. The molecule has 0 spiro atoms. The van der Waals surface area contributed by atoms with Gasteiger partial charge in [-0.15, -0.1) is 0 Å². The normalized spacial score (nSPS) is 18.3. The zero-order valence-corrected chi connectivity index (χ0v) is 15.2. The van der Waals surface area contributed by atoms with Crippen LogP contribution in [-0.2, 0) is 16.1 Å². The molecule has 1 saturated carbocycles. The molecule has 0 atom stereocenters. The Kier molecular flexibility index (Phi) is 5.61. The van der Waals surface area contributed by atoms with Crippen LogP contribution in [0.25, 0.3) is 0 Å². The summed E-state index contributed by atoms with van der Waals surface area (Å²) in [5.74, 6) is 1.53. The molecule has 5 nitrogen and oxygen atoms in total. The fourth-order valence-electron chi connectivity index (χ4n) is 3.24. The maximum atomic E-state index is 12.4. The van der Waals surface area contributed by atoms with E-state index in [0.717, 1.165) is 37.0 Å². The predicted octanol–water partition coefficient (Wildman–Crippen LogP) is 2.74. The van der Waals surface area contributed by atoms with Crippen molar-refractivity contribution in [2.75, 3.05) is 13.1 Å². The van der Waals surface area contributed by atoms with Crippen molar-refractivity contribution in [1.82, 2.24) is 10.2 Å². The first-order valence-corrected chi connectivity index (χ1v) is 9.35. The Bertz CT molecular complexity index is 600. The summed E-state index contributed by atoms with van der Waals surface area (Å²) in [4.78, 5) is 26.4. The van der Waals surface area contributed by atoms with E-state index < -0.39 is 0 Å². The van der Waals surface area contributed by atoms with Gasteiger partial charge < -0.3 is 15.0 Å².